The number of alkyl halides is 2. The topological polar surface area (TPSA) is 58.6 Å². The molecule has 1 aromatic rings. The normalized spacial score (nSPS) is 10.7. The molecule has 0 spiro atoms. The molecule has 0 atom stereocenters. The van der Waals surface area contributed by atoms with Crippen molar-refractivity contribution < 1.29 is 23.4 Å². The van der Waals surface area contributed by atoms with Crippen molar-refractivity contribution in [3.8, 4) is 5.75 Å². The second-order valence-electron chi connectivity index (χ2n) is 2.72. The lowest BCUT2D eigenvalue weighted by atomic mass is 10.3. The van der Waals surface area contributed by atoms with Gasteiger partial charge in [-0.2, -0.15) is 8.78 Å². The van der Waals surface area contributed by atoms with Gasteiger partial charge in [0.2, 0.25) is 0 Å². The maximum absolute atomic E-state index is 11.8. The average molecular weight is 229 g/mol. The largest absolute Gasteiger partial charge is 0.478 e. The van der Waals surface area contributed by atoms with Crippen LogP contribution in [0.15, 0.2) is 36.5 Å². The van der Waals surface area contributed by atoms with Crippen molar-refractivity contribution in [1.82, 2.24) is 0 Å². The van der Waals surface area contributed by atoms with Gasteiger partial charge in [-0.1, -0.05) is 0 Å². The van der Waals surface area contributed by atoms with Crippen LogP contribution in [0.4, 0.5) is 14.5 Å². The summed E-state index contributed by atoms with van der Waals surface area (Å²) in [4.78, 5) is 10.1. The van der Waals surface area contributed by atoms with Gasteiger partial charge in [0.1, 0.15) is 5.75 Å². The number of hydrogen-bond donors (Lipinski definition) is 2. The van der Waals surface area contributed by atoms with Crippen LogP contribution in [0.5, 0.6) is 5.75 Å². The van der Waals surface area contributed by atoms with E-state index < -0.39 is 12.6 Å². The number of ether oxygens (including phenoxy) is 1. The van der Waals surface area contributed by atoms with Crippen LogP contribution < -0.4 is 10.1 Å². The molecule has 0 aliphatic heterocycles. The first-order valence-corrected chi connectivity index (χ1v) is 4.29. The van der Waals surface area contributed by atoms with Crippen molar-refractivity contribution in [2.75, 3.05) is 5.32 Å². The summed E-state index contributed by atoms with van der Waals surface area (Å²) < 4.78 is 27.7. The number of nitrogens with one attached hydrogen (secondary N) is 1. The van der Waals surface area contributed by atoms with Gasteiger partial charge in [0.25, 0.3) is 0 Å². The van der Waals surface area contributed by atoms with E-state index in [2.05, 4.69) is 10.1 Å². The maximum atomic E-state index is 11.8. The summed E-state index contributed by atoms with van der Waals surface area (Å²) in [5, 5.41) is 11.0. The molecule has 0 bridgehead atoms. The number of aliphatic carboxylic acids is 1. The first kappa shape index (κ1) is 12.0. The van der Waals surface area contributed by atoms with Gasteiger partial charge in [-0.3, -0.25) is 0 Å². The summed E-state index contributed by atoms with van der Waals surface area (Å²) in [7, 11) is 0. The summed E-state index contributed by atoms with van der Waals surface area (Å²) in [5.41, 5.74) is 0.569. The molecule has 0 unspecified atom stereocenters. The average Bonchev–Trinajstić information content (AvgIpc) is 2.19. The number of rotatable bonds is 5. The van der Waals surface area contributed by atoms with E-state index in [0.717, 1.165) is 6.08 Å². The van der Waals surface area contributed by atoms with Gasteiger partial charge in [0.05, 0.1) is 0 Å². The highest BCUT2D eigenvalue weighted by molar-refractivity contribution is 5.80. The third-order valence-electron chi connectivity index (χ3n) is 1.56. The summed E-state index contributed by atoms with van der Waals surface area (Å²) in [6, 6.07) is 5.68. The predicted octanol–water partition coefficient (Wildman–Crippen LogP) is 2.30. The molecule has 4 nitrogen and oxygen atoms in total. The van der Waals surface area contributed by atoms with Crippen LogP contribution in [0.3, 0.4) is 0 Å². The number of halogens is 2. The Balaban J connectivity index is 2.54. The van der Waals surface area contributed by atoms with E-state index in [0.29, 0.717) is 5.69 Å². The molecule has 0 fully saturated rings. The minimum absolute atomic E-state index is 0.0442. The van der Waals surface area contributed by atoms with Gasteiger partial charge in [0.15, 0.2) is 0 Å². The van der Waals surface area contributed by atoms with Crippen molar-refractivity contribution >= 4 is 11.7 Å². The molecule has 0 radical (unpaired) electrons. The Morgan fingerprint density at radius 3 is 2.50 bits per heavy atom. The fraction of sp³-hybridized carbons (Fsp3) is 0.100. The van der Waals surface area contributed by atoms with Crippen LogP contribution in [-0.2, 0) is 4.79 Å². The molecule has 0 aliphatic carbocycles. The highest BCUT2D eigenvalue weighted by Crippen LogP contribution is 2.17. The Morgan fingerprint density at radius 2 is 2.00 bits per heavy atom. The van der Waals surface area contributed by atoms with Gasteiger partial charge in [-0.05, 0) is 24.3 Å². The molecular formula is C10H9F2NO3. The second kappa shape index (κ2) is 5.69. The summed E-state index contributed by atoms with van der Waals surface area (Å²) in [5.74, 6) is -1.03. The van der Waals surface area contributed by atoms with Gasteiger partial charge >= 0.3 is 12.6 Å². The van der Waals surface area contributed by atoms with Crippen LogP contribution in [0.1, 0.15) is 0 Å². The molecule has 0 saturated carbocycles. The van der Waals surface area contributed by atoms with Crippen molar-refractivity contribution in [3.63, 3.8) is 0 Å². The van der Waals surface area contributed by atoms with Crippen molar-refractivity contribution in [2.24, 2.45) is 0 Å². The third-order valence-corrected chi connectivity index (χ3v) is 1.56. The third kappa shape index (κ3) is 4.41. The Kier molecular flexibility index (Phi) is 4.26. The van der Waals surface area contributed by atoms with E-state index in [1.165, 1.54) is 30.5 Å². The predicted molar refractivity (Wildman–Crippen MR) is 53.5 cm³/mol. The zero-order valence-corrected chi connectivity index (χ0v) is 8.06. The Labute approximate surface area is 90.2 Å². The molecule has 0 aromatic heterocycles. The molecule has 1 rings (SSSR count). The smallest absolute Gasteiger partial charge is 0.387 e. The molecule has 2 N–H and O–H groups in total. The zero-order valence-electron chi connectivity index (χ0n) is 8.06. The molecule has 0 heterocycles. The maximum Gasteiger partial charge on any atom is 0.387 e. The fourth-order valence-corrected chi connectivity index (χ4v) is 0.942. The lowest BCUT2D eigenvalue weighted by Crippen LogP contribution is -2.01. The van der Waals surface area contributed by atoms with Crippen molar-refractivity contribution in [1.29, 1.82) is 0 Å². The van der Waals surface area contributed by atoms with Crippen LogP contribution in [-0.4, -0.2) is 17.7 Å². The van der Waals surface area contributed by atoms with Crippen LogP contribution >= 0.6 is 0 Å². The van der Waals surface area contributed by atoms with E-state index in [1.54, 1.807) is 0 Å². The highest BCUT2D eigenvalue weighted by atomic mass is 19.3. The van der Waals surface area contributed by atoms with E-state index in [1.807, 2.05) is 0 Å². The molecule has 16 heavy (non-hydrogen) atoms. The lowest BCUT2D eigenvalue weighted by Gasteiger charge is -2.05. The number of carboxylic acids is 1. The number of carbonyl (C=O) groups is 1. The number of hydrogen-bond acceptors (Lipinski definition) is 3. The van der Waals surface area contributed by atoms with E-state index >= 15 is 0 Å². The Morgan fingerprint density at radius 1 is 1.38 bits per heavy atom. The molecule has 86 valence electrons. The number of anilines is 1. The quantitative estimate of drug-likeness (QED) is 0.760. The van der Waals surface area contributed by atoms with E-state index in [9.17, 15) is 13.6 Å². The molecule has 0 aliphatic rings. The van der Waals surface area contributed by atoms with Crippen molar-refractivity contribution in [3.05, 3.63) is 36.5 Å². The zero-order chi connectivity index (χ0) is 12.0. The van der Waals surface area contributed by atoms with Crippen LogP contribution in [0.2, 0.25) is 0 Å². The molecule has 6 heteroatoms. The molecule has 0 amide bonds. The van der Waals surface area contributed by atoms with Crippen LogP contribution in [0.25, 0.3) is 0 Å². The minimum Gasteiger partial charge on any atom is -0.478 e. The minimum atomic E-state index is -2.86. The van der Waals surface area contributed by atoms with Gasteiger partial charge in [-0.25, -0.2) is 4.79 Å². The van der Waals surface area contributed by atoms with Crippen molar-refractivity contribution in [2.45, 2.75) is 6.61 Å². The SMILES string of the molecule is O=C(O)/C=C/Nc1ccc(OC(F)F)cc1. The van der Waals surface area contributed by atoms with E-state index in [4.69, 9.17) is 5.11 Å². The molecular weight excluding hydrogens is 220 g/mol. The van der Waals surface area contributed by atoms with Gasteiger partial charge < -0.3 is 15.2 Å². The standard InChI is InChI=1S/C10H9F2NO3/c11-10(12)16-8-3-1-7(2-4-8)13-6-5-9(14)15/h1-6,10,13H,(H,14,15)/b6-5+. The summed E-state index contributed by atoms with van der Waals surface area (Å²) in [6.07, 6.45) is 2.15. The molecule has 0 saturated heterocycles. The first-order valence-electron chi connectivity index (χ1n) is 4.29. The Hall–Kier alpha value is -2.11. The second-order valence-corrected chi connectivity index (χ2v) is 2.72. The fourth-order valence-electron chi connectivity index (χ4n) is 0.942. The van der Waals surface area contributed by atoms with Gasteiger partial charge in [-0.15, -0.1) is 0 Å². The summed E-state index contributed by atoms with van der Waals surface area (Å²) >= 11 is 0. The highest BCUT2D eigenvalue weighted by Gasteiger charge is 2.02. The number of benzene rings is 1. The van der Waals surface area contributed by atoms with E-state index in [-0.39, 0.29) is 5.75 Å². The lowest BCUT2D eigenvalue weighted by molar-refractivity contribution is -0.131. The summed E-state index contributed by atoms with van der Waals surface area (Å²) in [6.45, 7) is -2.86. The van der Waals surface area contributed by atoms with Crippen LogP contribution in [0, 0.1) is 0 Å². The Bertz CT molecular complexity index is 376. The van der Waals surface area contributed by atoms with Gasteiger partial charge in [0, 0.05) is 18.0 Å². The first-order chi connectivity index (χ1) is 7.58. The monoisotopic (exact) mass is 229 g/mol. The number of carboxylic acid groups (broad SMARTS) is 1. The molecule has 1 aromatic carbocycles.